The first-order valence-electron chi connectivity index (χ1n) is 8.23. The molecular formula is C19H21ClN2S. The summed E-state index contributed by atoms with van der Waals surface area (Å²) in [6.07, 6.45) is 2.62. The number of para-hydroxylation sites is 1. The summed E-state index contributed by atoms with van der Waals surface area (Å²) in [5.41, 5.74) is 2.63. The first-order chi connectivity index (χ1) is 11.2. The predicted octanol–water partition coefficient (Wildman–Crippen LogP) is 5.28. The van der Waals surface area contributed by atoms with Crippen molar-refractivity contribution in [1.29, 1.82) is 0 Å². The molecule has 0 bridgehead atoms. The third-order valence-electron chi connectivity index (χ3n) is 4.75. The van der Waals surface area contributed by atoms with Crippen molar-refractivity contribution >= 4 is 34.7 Å². The van der Waals surface area contributed by atoms with Crippen molar-refractivity contribution in [3.05, 3.63) is 47.5 Å². The fourth-order valence-electron chi connectivity index (χ4n) is 3.68. The van der Waals surface area contributed by atoms with Crippen LogP contribution in [-0.2, 0) is 0 Å². The standard InChI is InChI=1S/C19H21ClN2S/c1-21-10-4-5-14(12-21)13-22-16-6-2-3-7-18(16)23-19-11-15(20)8-9-17(19)22/h2-3,6-9,11,14H,4-5,10,12-13H2,1H3. The molecule has 2 nitrogen and oxygen atoms in total. The van der Waals surface area contributed by atoms with Gasteiger partial charge in [-0.2, -0.15) is 0 Å². The SMILES string of the molecule is CN1CCCC(CN2c3ccccc3Sc3cc(Cl)ccc32)C1. The highest BCUT2D eigenvalue weighted by Crippen LogP contribution is 2.49. The molecule has 2 heterocycles. The summed E-state index contributed by atoms with van der Waals surface area (Å²) in [7, 11) is 2.24. The lowest BCUT2D eigenvalue weighted by Crippen LogP contribution is -2.38. The average Bonchev–Trinajstić information content (AvgIpc) is 2.54. The molecule has 0 aliphatic carbocycles. The summed E-state index contributed by atoms with van der Waals surface area (Å²) in [4.78, 5) is 7.55. The third-order valence-corrected chi connectivity index (χ3v) is 6.10. The van der Waals surface area contributed by atoms with E-state index in [1.807, 2.05) is 17.8 Å². The maximum atomic E-state index is 6.22. The lowest BCUT2D eigenvalue weighted by atomic mass is 9.97. The van der Waals surface area contributed by atoms with Gasteiger partial charge in [-0.05, 0) is 62.7 Å². The van der Waals surface area contributed by atoms with Gasteiger partial charge >= 0.3 is 0 Å². The van der Waals surface area contributed by atoms with Gasteiger partial charge in [-0.1, -0.05) is 35.5 Å². The summed E-state index contributed by atoms with van der Waals surface area (Å²) in [6, 6.07) is 15.0. The maximum Gasteiger partial charge on any atom is 0.0554 e. The van der Waals surface area contributed by atoms with Gasteiger partial charge < -0.3 is 9.80 Å². The van der Waals surface area contributed by atoms with Crippen molar-refractivity contribution in [3.8, 4) is 0 Å². The Hall–Kier alpha value is -1.16. The molecule has 4 rings (SSSR count). The van der Waals surface area contributed by atoms with Crippen LogP contribution in [0.5, 0.6) is 0 Å². The fourth-order valence-corrected chi connectivity index (χ4v) is 5.06. The van der Waals surface area contributed by atoms with Crippen LogP contribution in [0.25, 0.3) is 0 Å². The molecule has 2 aliphatic heterocycles. The van der Waals surface area contributed by atoms with Crippen LogP contribution in [0.1, 0.15) is 12.8 Å². The molecule has 4 heteroatoms. The molecule has 2 aromatic carbocycles. The second-order valence-corrected chi connectivity index (χ2v) is 8.08. The van der Waals surface area contributed by atoms with Crippen LogP contribution in [0, 0.1) is 5.92 Å². The predicted molar refractivity (Wildman–Crippen MR) is 99.2 cm³/mol. The van der Waals surface area contributed by atoms with E-state index >= 15 is 0 Å². The molecule has 0 aromatic heterocycles. The second kappa shape index (κ2) is 6.39. The normalized spacial score (nSPS) is 21.0. The lowest BCUT2D eigenvalue weighted by molar-refractivity contribution is 0.214. The Morgan fingerprint density at radius 3 is 2.83 bits per heavy atom. The van der Waals surface area contributed by atoms with Gasteiger partial charge in [0.2, 0.25) is 0 Å². The Balaban J connectivity index is 1.70. The molecule has 1 unspecified atom stereocenters. The first kappa shape index (κ1) is 15.4. The van der Waals surface area contributed by atoms with Crippen LogP contribution in [0.3, 0.4) is 0 Å². The molecule has 2 aliphatic rings. The minimum Gasteiger partial charge on any atom is -0.339 e. The average molecular weight is 345 g/mol. The number of anilines is 2. The van der Waals surface area contributed by atoms with Crippen LogP contribution < -0.4 is 4.90 Å². The van der Waals surface area contributed by atoms with Crippen molar-refractivity contribution in [2.45, 2.75) is 22.6 Å². The van der Waals surface area contributed by atoms with Gasteiger partial charge in [0, 0.05) is 27.9 Å². The number of hydrogen-bond acceptors (Lipinski definition) is 3. The quantitative estimate of drug-likeness (QED) is 0.731. The molecule has 0 N–H and O–H groups in total. The van der Waals surface area contributed by atoms with Crippen LogP contribution in [0.4, 0.5) is 11.4 Å². The number of benzene rings is 2. The minimum atomic E-state index is 0.716. The van der Waals surface area contributed by atoms with E-state index in [-0.39, 0.29) is 0 Å². The summed E-state index contributed by atoms with van der Waals surface area (Å²) in [5, 5.41) is 0.813. The van der Waals surface area contributed by atoms with E-state index in [1.54, 1.807) is 0 Å². The molecule has 0 radical (unpaired) electrons. The molecule has 2 aromatic rings. The number of rotatable bonds is 2. The van der Waals surface area contributed by atoms with Gasteiger partial charge in [0.15, 0.2) is 0 Å². The van der Waals surface area contributed by atoms with Gasteiger partial charge in [0.05, 0.1) is 11.4 Å². The van der Waals surface area contributed by atoms with Crippen LogP contribution in [0.2, 0.25) is 5.02 Å². The van der Waals surface area contributed by atoms with E-state index in [4.69, 9.17) is 11.6 Å². The Kier molecular flexibility index (Phi) is 4.27. The van der Waals surface area contributed by atoms with Crippen molar-refractivity contribution in [1.82, 2.24) is 4.90 Å². The smallest absolute Gasteiger partial charge is 0.0554 e. The highest BCUT2D eigenvalue weighted by atomic mass is 35.5. The first-order valence-corrected chi connectivity index (χ1v) is 9.42. The molecule has 1 saturated heterocycles. The van der Waals surface area contributed by atoms with E-state index in [0.717, 1.165) is 11.6 Å². The highest BCUT2D eigenvalue weighted by Gasteiger charge is 2.27. The second-order valence-electron chi connectivity index (χ2n) is 6.56. The molecule has 0 amide bonds. The minimum absolute atomic E-state index is 0.716. The Labute approximate surface area is 147 Å². The molecule has 1 atom stereocenters. The molecule has 0 saturated carbocycles. The summed E-state index contributed by atoms with van der Waals surface area (Å²) < 4.78 is 0. The van der Waals surface area contributed by atoms with E-state index in [0.29, 0.717) is 5.92 Å². The van der Waals surface area contributed by atoms with Crippen LogP contribution in [-0.4, -0.2) is 31.6 Å². The third kappa shape index (κ3) is 3.10. The van der Waals surface area contributed by atoms with Gasteiger partial charge in [-0.25, -0.2) is 0 Å². The summed E-state index contributed by atoms with van der Waals surface area (Å²) in [6.45, 7) is 3.50. The molecule has 23 heavy (non-hydrogen) atoms. The van der Waals surface area contributed by atoms with E-state index in [1.165, 1.54) is 47.1 Å². The zero-order chi connectivity index (χ0) is 15.8. The van der Waals surface area contributed by atoms with Gasteiger partial charge in [-0.3, -0.25) is 0 Å². The van der Waals surface area contributed by atoms with E-state index in [2.05, 4.69) is 53.2 Å². The number of halogens is 1. The van der Waals surface area contributed by atoms with E-state index in [9.17, 15) is 0 Å². The number of nitrogens with zero attached hydrogens (tertiary/aromatic N) is 2. The van der Waals surface area contributed by atoms with Crippen molar-refractivity contribution in [2.24, 2.45) is 5.92 Å². The number of piperidine rings is 1. The largest absolute Gasteiger partial charge is 0.339 e. The molecule has 1 fully saturated rings. The zero-order valence-electron chi connectivity index (χ0n) is 13.3. The molecule has 120 valence electrons. The number of hydrogen-bond donors (Lipinski definition) is 0. The topological polar surface area (TPSA) is 6.48 Å². The van der Waals surface area contributed by atoms with Crippen LogP contribution in [0.15, 0.2) is 52.3 Å². The van der Waals surface area contributed by atoms with Crippen LogP contribution >= 0.6 is 23.4 Å². The van der Waals surface area contributed by atoms with Crippen molar-refractivity contribution < 1.29 is 0 Å². The van der Waals surface area contributed by atoms with Gasteiger partial charge in [-0.15, -0.1) is 0 Å². The molecular weight excluding hydrogens is 324 g/mol. The Morgan fingerprint density at radius 2 is 1.96 bits per heavy atom. The van der Waals surface area contributed by atoms with E-state index < -0.39 is 0 Å². The number of likely N-dealkylation sites (tertiary alicyclic amines) is 1. The summed E-state index contributed by atoms with van der Waals surface area (Å²) in [5.74, 6) is 0.716. The number of fused-ring (bicyclic) bond motifs is 2. The fraction of sp³-hybridized carbons (Fsp3) is 0.368. The monoisotopic (exact) mass is 344 g/mol. The highest BCUT2D eigenvalue weighted by molar-refractivity contribution is 7.99. The Morgan fingerprint density at radius 1 is 1.13 bits per heavy atom. The Bertz CT molecular complexity index is 718. The van der Waals surface area contributed by atoms with Crippen molar-refractivity contribution in [2.75, 3.05) is 31.6 Å². The van der Waals surface area contributed by atoms with Crippen molar-refractivity contribution in [3.63, 3.8) is 0 Å². The molecule has 0 spiro atoms. The lowest BCUT2D eigenvalue weighted by Gasteiger charge is -2.38. The van der Waals surface area contributed by atoms with Gasteiger partial charge in [0.25, 0.3) is 0 Å². The van der Waals surface area contributed by atoms with Gasteiger partial charge in [0.1, 0.15) is 0 Å². The maximum absolute atomic E-state index is 6.22. The summed E-state index contributed by atoms with van der Waals surface area (Å²) >= 11 is 8.05. The zero-order valence-corrected chi connectivity index (χ0v) is 14.9.